The molecule has 0 fully saturated rings. The molecule has 7 nitrogen and oxygen atoms in total. The molecule has 0 radical (unpaired) electrons. The maximum Gasteiger partial charge on any atom is 0.169 e. The summed E-state index contributed by atoms with van der Waals surface area (Å²) in [7, 11) is 5.14. The van der Waals surface area contributed by atoms with E-state index < -0.39 is 0 Å². The number of hydrogen-bond donors (Lipinski definition) is 3. The number of aliphatic hydroxyl groups excluding tert-OH is 1. The summed E-state index contributed by atoms with van der Waals surface area (Å²) in [4.78, 5) is 8.50. The zero-order chi connectivity index (χ0) is 20.1. The molecule has 2 aromatic carbocycles. The van der Waals surface area contributed by atoms with Crippen LogP contribution in [0.4, 0.5) is 0 Å². The third-order valence-corrected chi connectivity index (χ3v) is 4.45. The van der Waals surface area contributed by atoms with Crippen molar-refractivity contribution < 1.29 is 19.5 Å². The van der Waals surface area contributed by atoms with Crippen LogP contribution in [0, 0.1) is 11.3 Å². The molecule has 0 saturated heterocycles. The number of aromatic nitrogens is 2. The fourth-order valence-corrected chi connectivity index (χ4v) is 3.10. The Morgan fingerprint density at radius 2 is 1.93 bits per heavy atom. The maximum atomic E-state index is 10.6. The first kappa shape index (κ1) is 19.3. The van der Waals surface area contributed by atoms with Gasteiger partial charge in [-0.15, -0.1) is 0 Å². The van der Waals surface area contributed by atoms with Gasteiger partial charge in [-0.05, 0) is 30.3 Å². The highest BCUT2D eigenvalue weighted by molar-refractivity contribution is 5.82. The summed E-state index contributed by atoms with van der Waals surface area (Å²) in [6, 6.07) is 15.3. The van der Waals surface area contributed by atoms with Gasteiger partial charge in [-0.3, -0.25) is 0 Å². The lowest BCUT2D eigenvalue weighted by atomic mass is 10.1. The molecule has 1 heterocycles. The number of rotatable bonds is 7. The van der Waals surface area contributed by atoms with Crippen LogP contribution < -0.4 is 14.4 Å². The van der Waals surface area contributed by atoms with E-state index in [4.69, 9.17) is 9.47 Å². The molecule has 7 heteroatoms. The number of imidazole rings is 1. The van der Waals surface area contributed by atoms with Crippen LogP contribution in [0.1, 0.15) is 11.4 Å². The predicted octanol–water partition coefficient (Wildman–Crippen LogP) is 2.09. The van der Waals surface area contributed by atoms with Gasteiger partial charge in [-0.25, -0.2) is 4.98 Å². The second kappa shape index (κ2) is 8.46. The topological polar surface area (TPSA) is 95.6 Å². The quantitative estimate of drug-likeness (QED) is 0.432. The Hall–Kier alpha value is -3.50. The van der Waals surface area contributed by atoms with Crippen LogP contribution >= 0.6 is 0 Å². The molecule has 0 aliphatic heterocycles. The number of para-hydroxylation sites is 2. The molecule has 144 valence electrons. The number of ether oxygens (including phenoxy) is 2. The van der Waals surface area contributed by atoms with E-state index in [1.165, 1.54) is 0 Å². The molecule has 0 amide bonds. The van der Waals surface area contributed by atoms with E-state index in [1.807, 2.05) is 49.5 Å². The van der Waals surface area contributed by atoms with Crippen molar-refractivity contribution in [3.63, 3.8) is 0 Å². The van der Waals surface area contributed by atoms with Gasteiger partial charge in [-0.2, -0.15) is 5.26 Å². The predicted molar refractivity (Wildman–Crippen MR) is 106 cm³/mol. The summed E-state index contributed by atoms with van der Waals surface area (Å²) in [5.74, 6) is 1.70. The number of allylic oxidation sites excluding steroid dienone is 1. The van der Waals surface area contributed by atoms with Crippen LogP contribution in [-0.4, -0.2) is 42.9 Å². The molecule has 3 N–H and O–H groups in total. The van der Waals surface area contributed by atoms with Gasteiger partial charge < -0.3 is 24.5 Å². The maximum absolute atomic E-state index is 10.6. The first-order valence-electron chi connectivity index (χ1n) is 8.85. The Balaban J connectivity index is 1.78. The number of hydrogen-bond acceptors (Lipinski definition) is 5. The number of fused-ring (bicyclic) bond motifs is 1. The average Bonchev–Trinajstić information content (AvgIpc) is 3.11. The summed E-state index contributed by atoms with van der Waals surface area (Å²) in [5, 5.41) is 20.1. The number of benzene rings is 2. The van der Waals surface area contributed by atoms with Crippen molar-refractivity contribution in [2.24, 2.45) is 0 Å². The third-order valence-electron chi connectivity index (χ3n) is 4.45. The lowest BCUT2D eigenvalue weighted by Crippen LogP contribution is -3.07. The number of methoxy groups -OCH3 is 2. The molecule has 0 bridgehead atoms. The van der Waals surface area contributed by atoms with Crippen molar-refractivity contribution in [2.45, 2.75) is 6.54 Å². The van der Waals surface area contributed by atoms with Gasteiger partial charge in [0.15, 0.2) is 23.1 Å². The standard InChI is InChI=1S/C21H22N4O3/c1-25(12-14-8-9-19(27-2)20(10-14)28-3)13-18(26)15(11-22)21-23-16-6-4-5-7-17(16)24-21/h4-10,26H,12-13H2,1-3H3,(H,23,24)/p+1/b18-15-. The number of quaternary nitrogens is 1. The van der Waals surface area contributed by atoms with E-state index in [-0.39, 0.29) is 17.9 Å². The van der Waals surface area contributed by atoms with E-state index in [2.05, 4.69) is 16.0 Å². The minimum atomic E-state index is -0.000433. The van der Waals surface area contributed by atoms with E-state index in [0.717, 1.165) is 21.5 Å². The summed E-state index contributed by atoms with van der Waals surface area (Å²) in [6.45, 7) is 0.928. The molecule has 0 aliphatic carbocycles. The van der Waals surface area contributed by atoms with Gasteiger partial charge in [0.1, 0.15) is 24.7 Å². The minimum absolute atomic E-state index is 0.000433. The summed E-state index contributed by atoms with van der Waals surface area (Å²) in [6.07, 6.45) is 0. The second-order valence-electron chi connectivity index (χ2n) is 6.54. The van der Waals surface area contributed by atoms with Crippen LogP contribution in [0.5, 0.6) is 11.5 Å². The normalized spacial score (nSPS) is 12.9. The number of aliphatic hydroxyl groups is 1. The largest absolute Gasteiger partial charge is 0.506 e. The highest BCUT2D eigenvalue weighted by atomic mass is 16.5. The number of aromatic amines is 1. The van der Waals surface area contributed by atoms with Gasteiger partial charge in [0.25, 0.3) is 0 Å². The second-order valence-corrected chi connectivity index (χ2v) is 6.54. The highest BCUT2D eigenvalue weighted by Gasteiger charge is 2.17. The number of likely N-dealkylation sites (N-methyl/N-ethyl adjacent to an activating group) is 1. The lowest BCUT2D eigenvalue weighted by molar-refractivity contribution is -0.890. The van der Waals surface area contributed by atoms with Gasteiger partial charge in [0.05, 0.1) is 32.3 Å². The highest BCUT2D eigenvalue weighted by Crippen LogP contribution is 2.27. The number of H-pyrrole nitrogens is 1. The summed E-state index contributed by atoms with van der Waals surface area (Å²) < 4.78 is 10.6. The number of nitrogens with one attached hydrogen (secondary N) is 2. The van der Waals surface area contributed by atoms with Crippen LogP contribution in [0.3, 0.4) is 0 Å². The zero-order valence-corrected chi connectivity index (χ0v) is 16.1. The molecule has 1 aromatic heterocycles. The van der Waals surface area contributed by atoms with E-state index >= 15 is 0 Å². The SMILES string of the molecule is COc1ccc(C[NH+](C)C/C(O)=C(\C#N)c2nc3ccccc3[nH]2)cc1OC. The van der Waals surface area contributed by atoms with E-state index in [0.29, 0.717) is 23.9 Å². The fraction of sp³-hybridized carbons (Fsp3) is 0.238. The molecule has 0 saturated carbocycles. The Morgan fingerprint density at radius 1 is 1.18 bits per heavy atom. The molecular weight excluding hydrogens is 356 g/mol. The Labute approximate surface area is 163 Å². The number of nitriles is 1. The van der Waals surface area contributed by atoms with Gasteiger partial charge >= 0.3 is 0 Å². The first-order valence-corrected chi connectivity index (χ1v) is 8.85. The molecule has 3 aromatic rings. The Morgan fingerprint density at radius 3 is 2.61 bits per heavy atom. The van der Waals surface area contributed by atoms with Crippen LogP contribution in [0.2, 0.25) is 0 Å². The van der Waals surface area contributed by atoms with Gasteiger partial charge in [0.2, 0.25) is 0 Å². The monoisotopic (exact) mass is 379 g/mol. The van der Waals surface area contributed by atoms with Gasteiger partial charge in [0, 0.05) is 5.56 Å². The third kappa shape index (κ3) is 4.08. The van der Waals surface area contributed by atoms with E-state index in [9.17, 15) is 10.4 Å². The molecule has 1 unspecified atom stereocenters. The van der Waals surface area contributed by atoms with Crippen LogP contribution in [0.25, 0.3) is 16.6 Å². The summed E-state index contributed by atoms with van der Waals surface area (Å²) >= 11 is 0. The molecule has 0 aliphatic rings. The molecular formula is C21H23N4O3+. The Bertz CT molecular complexity index is 1020. The smallest absolute Gasteiger partial charge is 0.169 e. The summed E-state index contributed by atoms with van der Waals surface area (Å²) in [5.41, 5.74) is 2.77. The van der Waals surface area contributed by atoms with Crippen molar-refractivity contribution in [3.8, 4) is 17.6 Å². The van der Waals surface area contributed by atoms with Crippen LogP contribution in [0.15, 0.2) is 48.2 Å². The van der Waals surface area contributed by atoms with Crippen molar-refractivity contribution in [1.82, 2.24) is 9.97 Å². The number of nitrogens with zero attached hydrogens (tertiary/aromatic N) is 2. The van der Waals surface area contributed by atoms with Crippen LogP contribution in [-0.2, 0) is 6.54 Å². The molecule has 0 spiro atoms. The molecule has 3 rings (SSSR count). The van der Waals surface area contributed by atoms with Crippen molar-refractivity contribution >= 4 is 16.6 Å². The average molecular weight is 379 g/mol. The van der Waals surface area contributed by atoms with Crippen molar-refractivity contribution in [2.75, 3.05) is 27.8 Å². The van der Waals surface area contributed by atoms with Gasteiger partial charge in [-0.1, -0.05) is 12.1 Å². The Kier molecular flexibility index (Phi) is 5.82. The van der Waals surface area contributed by atoms with E-state index in [1.54, 1.807) is 14.2 Å². The minimum Gasteiger partial charge on any atom is -0.506 e. The lowest BCUT2D eigenvalue weighted by Gasteiger charge is -2.15. The zero-order valence-electron chi connectivity index (χ0n) is 16.1. The molecule has 1 atom stereocenters. The van der Waals surface area contributed by atoms with Crippen molar-refractivity contribution in [3.05, 3.63) is 59.6 Å². The molecule has 28 heavy (non-hydrogen) atoms. The fourth-order valence-electron chi connectivity index (χ4n) is 3.10. The first-order chi connectivity index (χ1) is 13.5. The van der Waals surface area contributed by atoms with Crippen molar-refractivity contribution in [1.29, 1.82) is 5.26 Å².